The first kappa shape index (κ1) is 15.9. The second-order valence-corrected chi connectivity index (χ2v) is 7.54. The molecule has 0 bridgehead atoms. The van der Waals surface area contributed by atoms with Crippen molar-refractivity contribution in [1.29, 1.82) is 0 Å². The lowest BCUT2D eigenvalue weighted by Crippen LogP contribution is -2.35. The van der Waals surface area contributed by atoms with Gasteiger partial charge in [-0.1, -0.05) is 42.7 Å². The van der Waals surface area contributed by atoms with E-state index in [-0.39, 0.29) is 0 Å². The van der Waals surface area contributed by atoms with Gasteiger partial charge in [0.15, 0.2) is 0 Å². The Hall–Kier alpha value is -0.470. The SMILES string of the molecule is CCCNC1CCCC(SCc2cc(C)cc(C)c2)C1. The molecule has 2 rings (SSSR count). The minimum atomic E-state index is 0.764. The molecule has 0 aliphatic heterocycles. The normalized spacial score (nSPS) is 22.9. The van der Waals surface area contributed by atoms with Crippen LogP contribution in [0.5, 0.6) is 0 Å². The minimum Gasteiger partial charge on any atom is -0.314 e. The first-order chi connectivity index (χ1) is 9.67. The van der Waals surface area contributed by atoms with Crippen LogP contribution in [0.2, 0.25) is 0 Å². The summed E-state index contributed by atoms with van der Waals surface area (Å²) >= 11 is 2.17. The Labute approximate surface area is 128 Å². The summed E-state index contributed by atoms with van der Waals surface area (Å²) in [5.74, 6) is 1.17. The van der Waals surface area contributed by atoms with E-state index in [1.807, 2.05) is 0 Å². The topological polar surface area (TPSA) is 12.0 Å². The fraction of sp³-hybridized carbons (Fsp3) is 0.667. The van der Waals surface area contributed by atoms with Gasteiger partial charge in [-0.25, -0.2) is 0 Å². The molecule has 2 unspecified atom stereocenters. The average molecular weight is 292 g/mol. The van der Waals surface area contributed by atoms with Crippen molar-refractivity contribution in [1.82, 2.24) is 5.32 Å². The van der Waals surface area contributed by atoms with Crippen LogP contribution in [0.1, 0.15) is 55.7 Å². The van der Waals surface area contributed by atoms with Crippen molar-refractivity contribution < 1.29 is 0 Å². The van der Waals surface area contributed by atoms with Crippen LogP contribution < -0.4 is 5.32 Å². The minimum absolute atomic E-state index is 0.764. The van der Waals surface area contributed by atoms with Crippen LogP contribution in [0.3, 0.4) is 0 Å². The molecule has 0 amide bonds. The van der Waals surface area contributed by atoms with E-state index < -0.39 is 0 Å². The molecule has 0 saturated heterocycles. The van der Waals surface area contributed by atoms with E-state index in [1.165, 1.54) is 61.1 Å². The van der Waals surface area contributed by atoms with Gasteiger partial charge in [0, 0.05) is 17.0 Å². The average Bonchev–Trinajstić information content (AvgIpc) is 2.42. The highest BCUT2D eigenvalue weighted by molar-refractivity contribution is 7.99. The number of hydrogen-bond acceptors (Lipinski definition) is 2. The highest BCUT2D eigenvalue weighted by Crippen LogP contribution is 2.31. The van der Waals surface area contributed by atoms with Crippen molar-refractivity contribution >= 4 is 11.8 Å². The van der Waals surface area contributed by atoms with E-state index in [0.29, 0.717) is 0 Å². The van der Waals surface area contributed by atoms with Crippen LogP contribution >= 0.6 is 11.8 Å². The van der Waals surface area contributed by atoms with E-state index in [2.05, 4.69) is 56.0 Å². The van der Waals surface area contributed by atoms with Gasteiger partial charge in [0.05, 0.1) is 0 Å². The first-order valence-electron chi connectivity index (χ1n) is 8.09. The summed E-state index contributed by atoms with van der Waals surface area (Å²) in [5, 5.41) is 4.55. The summed E-state index contributed by atoms with van der Waals surface area (Å²) in [7, 11) is 0. The molecule has 2 heteroatoms. The van der Waals surface area contributed by atoms with Crippen LogP contribution in [-0.4, -0.2) is 17.8 Å². The molecule has 20 heavy (non-hydrogen) atoms. The molecule has 112 valence electrons. The summed E-state index contributed by atoms with van der Waals surface area (Å²) in [5.41, 5.74) is 4.29. The number of hydrogen-bond donors (Lipinski definition) is 1. The number of rotatable bonds is 6. The summed E-state index contributed by atoms with van der Waals surface area (Å²) in [6.07, 6.45) is 6.78. The lowest BCUT2D eigenvalue weighted by molar-refractivity contribution is 0.381. The lowest BCUT2D eigenvalue weighted by Gasteiger charge is -2.29. The number of benzene rings is 1. The van der Waals surface area contributed by atoms with Gasteiger partial charge in [-0.2, -0.15) is 11.8 Å². The molecule has 1 saturated carbocycles. The van der Waals surface area contributed by atoms with Crippen LogP contribution in [0, 0.1) is 13.8 Å². The van der Waals surface area contributed by atoms with Gasteiger partial charge in [0.1, 0.15) is 0 Å². The van der Waals surface area contributed by atoms with Gasteiger partial charge in [0.2, 0.25) is 0 Å². The van der Waals surface area contributed by atoms with Crippen LogP contribution in [0.4, 0.5) is 0 Å². The second kappa shape index (κ2) is 8.09. The van der Waals surface area contributed by atoms with Crippen molar-refractivity contribution in [3.63, 3.8) is 0 Å². The summed E-state index contributed by atoms with van der Waals surface area (Å²) in [6, 6.07) is 7.71. The van der Waals surface area contributed by atoms with Crippen LogP contribution in [0.25, 0.3) is 0 Å². The molecule has 1 aliphatic rings. The molecule has 1 aromatic carbocycles. The van der Waals surface area contributed by atoms with E-state index in [4.69, 9.17) is 0 Å². The quantitative estimate of drug-likeness (QED) is 0.804. The van der Waals surface area contributed by atoms with Crippen molar-refractivity contribution in [3.05, 3.63) is 34.9 Å². The van der Waals surface area contributed by atoms with Crippen LogP contribution in [-0.2, 0) is 5.75 Å². The zero-order valence-electron chi connectivity index (χ0n) is 13.2. The van der Waals surface area contributed by atoms with Gasteiger partial charge in [-0.05, 0) is 51.6 Å². The maximum atomic E-state index is 3.70. The molecule has 1 aliphatic carbocycles. The van der Waals surface area contributed by atoms with Gasteiger partial charge in [-0.3, -0.25) is 0 Å². The van der Waals surface area contributed by atoms with Crippen molar-refractivity contribution in [2.45, 2.75) is 69.9 Å². The third kappa shape index (κ3) is 5.14. The Morgan fingerprint density at radius 1 is 1.15 bits per heavy atom. The molecule has 1 fully saturated rings. The third-order valence-electron chi connectivity index (χ3n) is 4.08. The van der Waals surface area contributed by atoms with Crippen LogP contribution in [0.15, 0.2) is 18.2 Å². The maximum Gasteiger partial charge on any atom is 0.0187 e. The largest absolute Gasteiger partial charge is 0.314 e. The fourth-order valence-corrected chi connectivity index (χ4v) is 4.49. The fourth-order valence-electron chi connectivity index (χ4n) is 3.20. The summed E-state index contributed by atoms with van der Waals surface area (Å²) < 4.78 is 0. The van der Waals surface area contributed by atoms with E-state index in [1.54, 1.807) is 0 Å². The van der Waals surface area contributed by atoms with Crippen molar-refractivity contribution in [3.8, 4) is 0 Å². The second-order valence-electron chi connectivity index (χ2n) is 6.25. The number of nitrogens with one attached hydrogen (secondary N) is 1. The molecule has 1 nitrogen and oxygen atoms in total. The Balaban J connectivity index is 1.80. The molecule has 1 aromatic rings. The first-order valence-corrected chi connectivity index (χ1v) is 9.14. The molecule has 0 radical (unpaired) electrons. The van der Waals surface area contributed by atoms with E-state index in [9.17, 15) is 0 Å². The molecule has 0 spiro atoms. The van der Waals surface area contributed by atoms with E-state index in [0.717, 1.165) is 11.3 Å². The Bertz CT molecular complexity index is 396. The van der Waals surface area contributed by atoms with Crippen molar-refractivity contribution in [2.24, 2.45) is 0 Å². The van der Waals surface area contributed by atoms with Crippen molar-refractivity contribution in [2.75, 3.05) is 6.54 Å². The van der Waals surface area contributed by atoms with Gasteiger partial charge in [-0.15, -0.1) is 0 Å². The predicted octanol–water partition coefficient (Wildman–Crippen LogP) is 4.85. The molecule has 1 N–H and O–H groups in total. The Morgan fingerprint density at radius 3 is 2.60 bits per heavy atom. The number of thioether (sulfide) groups is 1. The summed E-state index contributed by atoms with van der Waals surface area (Å²) in [6.45, 7) is 7.83. The summed E-state index contributed by atoms with van der Waals surface area (Å²) in [4.78, 5) is 0. The zero-order valence-corrected chi connectivity index (χ0v) is 14.1. The smallest absolute Gasteiger partial charge is 0.0187 e. The predicted molar refractivity (Wildman–Crippen MR) is 91.5 cm³/mol. The van der Waals surface area contributed by atoms with Gasteiger partial charge < -0.3 is 5.32 Å². The highest BCUT2D eigenvalue weighted by atomic mass is 32.2. The molecular formula is C18H29NS. The van der Waals surface area contributed by atoms with E-state index >= 15 is 0 Å². The highest BCUT2D eigenvalue weighted by Gasteiger charge is 2.21. The van der Waals surface area contributed by atoms with Gasteiger partial charge >= 0.3 is 0 Å². The Kier molecular flexibility index (Phi) is 6.44. The number of aryl methyl sites for hydroxylation is 2. The standard InChI is InChI=1S/C18H29NS/c1-4-8-19-17-6-5-7-18(12-17)20-13-16-10-14(2)9-15(3)11-16/h9-11,17-19H,4-8,12-13H2,1-3H3. The zero-order chi connectivity index (χ0) is 14.4. The molecule has 0 heterocycles. The monoisotopic (exact) mass is 291 g/mol. The third-order valence-corrected chi connectivity index (χ3v) is 5.48. The van der Waals surface area contributed by atoms with Gasteiger partial charge in [0.25, 0.3) is 0 Å². The molecule has 0 aromatic heterocycles. The lowest BCUT2D eigenvalue weighted by atomic mass is 9.95. The Morgan fingerprint density at radius 2 is 1.90 bits per heavy atom. The maximum absolute atomic E-state index is 3.70. The molecule has 2 atom stereocenters. The molecular weight excluding hydrogens is 262 g/mol.